The molecule has 25 heavy (non-hydrogen) atoms. The van der Waals surface area contributed by atoms with E-state index in [0.717, 1.165) is 30.4 Å². The summed E-state index contributed by atoms with van der Waals surface area (Å²) in [6.07, 6.45) is -0.893. The first kappa shape index (κ1) is 19.3. The number of rotatable bonds is 5. The highest BCUT2D eigenvalue weighted by Gasteiger charge is 2.26. The van der Waals surface area contributed by atoms with Crippen molar-refractivity contribution < 1.29 is 13.2 Å². The summed E-state index contributed by atoms with van der Waals surface area (Å²) in [5, 5.41) is 5.65. The Kier molecular flexibility index (Phi) is 6.90. The van der Waals surface area contributed by atoms with Gasteiger partial charge in [0.25, 0.3) is 0 Å². The molecule has 0 saturated carbocycles. The molecule has 0 atom stereocenters. The van der Waals surface area contributed by atoms with E-state index in [1.165, 1.54) is 19.9 Å². The monoisotopic (exact) mass is 357 g/mol. The molecule has 0 amide bonds. The van der Waals surface area contributed by atoms with Crippen molar-refractivity contribution >= 4 is 11.8 Å². The van der Waals surface area contributed by atoms with Crippen molar-refractivity contribution in [3.05, 3.63) is 23.9 Å². The molecule has 5 nitrogen and oxygen atoms in total. The molecular formula is C17H26F3N5. The Morgan fingerprint density at radius 1 is 1.28 bits per heavy atom. The molecular weight excluding hydrogens is 331 g/mol. The summed E-state index contributed by atoms with van der Waals surface area (Å²) in [7, 11) is 1.53. The first-order valence-electron chi connectivity index (χ1n) is 8.58. The van der Waals surface area contributed by atoms with Crippen LogP contribution in [0, 0.1) is 5.92 Å². The lowest BCUT2D eigenvalue weighted by molar-refractivity contribution is -0.132. The maximum Gasteiger partial charge on any atom is 0.390 e. The summed E-state index contributed by atoms with van der Waals surface area (Å²) >= 11 is 0. The summed E-state index contributed by atoms with van der Waals surface area (Å²) in [5.41, 5.74) is 0.952. The number of pyridine rings is 1. The summed E-state index contributed by atoms with van der Waals surface area (Å²) < 4.78 is 36.5. The largest absolute Gasteiger partial charge is 0.390 e. The number of aliphatic imine (C=N–C) groups is 1. The van der Waals surface area contributed by atoms with Gasteiger partial charge in [0.1, 0.15) is 5.82 Å². The van der Waals surface area contributed by atoms with Crippen molar-refractivity contribution in [1.29, 1.82) is 0 Å². The SMILES string of the molecule is CN=C(NCCC(F)(F)F)NCc1ccc(N2CCC(C)CC2)nc1. The summed E-state index contributed by atoms with van der Waals surface area (Å²) in [6, 6.07) is 3.98. The highest BCUT2D eigenvalue weighted by molar-refractivity contribution is 5.79. The molecule has 1 fully saturated rings. The van der Waals surface area contributed by atoms with E-state index < -0.39 is 12.6 Å². The third-order valence-electron chi connectivity index (χ3n) is 4.30. The molecule has 0 aliphatic carbocycles. The third kappa shape index (κ3) is 6.80. The predicted molar refractivity (Wildman–Crippen MR) is 93.7 cm³/mol. The molecule has 2 rings (SSSR count). The second kappa shape index (κ2) is 8.92. The molecule has 2 N–H and O–H groups in total. The Balaban J connectivity index is 1.78. The van der Waals surface area contributed by atoms with E-state index in [9.17, 15) is 13.2 Å². The van der Waals surface area contributed by atoms with Gasteiger partial charge in [0.2, 0.25) is 0 Å². The molecule has 1 saturated heterocycles. The first-order valence-corrected chi connectivity index (χ1v) is 8.58. The van der Waals surface area contributed by atoms with Gasteiger partial charge in [-0.25, -0.2) is 4.98 Å². The Morgan fingerprint density at radius 2 is 2.00 bits per heavy atom. The quantitative estimate of drug-likeness (QED) is 0.628. The van der Waals surface area contributed by atoms with Gasteiger partial charge in [-0.2, -0.15) is 13.2 Å². The number of nitrogens with zero attached hydrogens (tertiary/aromatic N) is 3. The number of anilines is 1. The van der Waals surface area contributed by atoms with E-state index in [0.29, 0.717) is 12.5 Å². The zero-order valence-electron chi connectivity index (χ0n) is 14.7. The van der Waals surface area contributed by atoms with Crippen LogP contribution in [0.5, 0.6) is 0 Å². The second-order valence-electron chi connectivity index (χ2n) is 6.41. The molecule has 2 heterocycles. The lowest BCUT2D eigenvalue weighted by atomic mass is 9.99. The van der Waals surface area contributed by atoms with Crippen LogP contribution >= 0.6 is 0 Å². The van der Waals surface area contributed by atoms with E-state index in [1.807, 2.05) is 12.1 Å². The second-order valence-corrected chi connectivity index (χ2v) is 6.41. The normalized spacial score (nSPS) is 16.8. The van der Waals surface area contributed by atoms with Crippen LogP contribution in [0.2, 0.25) is 0 Å². The minimum absolute atomic E-state index is 0.201. The third-order valence-corrected chi connectivity index (χ3v) is 4.30. The van der Waals surface area contributed by atoms with Crippen LogP contribution in [-0.4, -0.2) is 43.8 Å². The van der Waals surface area contributed by atoms with Crippen molar-refractivity contribution in [3.63, 3.8) is 0 Å². The van der Waals surface area contributed by atoms with Gasteiger partial charge in [0.15, 0.2) is 5.96 Å². The average molecular weight is 357 g/mol. The van der Waals surface area contributed by atoms with Gasteiger partial charge in [-0.15, -0.1) is 0 Å². The van der Waals surface area contributed by atoms with Crippen LogP contribution in [-0.2, 0) is 6.54 Å². The number of piperidine rings is 1. The van der Waals surface area contributed by atoms with Crippen LogP contribution in [0.15, 0.2) is 23.3 Å². The maximum atomic E-state index is 12.2. The number of hydrogen-bond acceptors (Lipinski definition) is 3. The zero-order chi connectivity index (χ0) is 18.3. The van der Waals surface area contributed by atoms with Crippen LogP contribution < -0.4 is 15.5 Å². The maximum absolute atomic E-state index is 12.2. The lowest BCUT2D eigenvalue weighted by Crippen LogP contribution is -2.38. The fraction of sp³-hybridized carbons (Fsp3) is 0.647. The van der Waals surface area contributed by atoms with Gasteiger partial charge in [0, 0.05) is 39.4 Å². The van der Waals surface area contributed by atoms with Gasteiger partial charge >= 0.3 is 6.18 Å². The molecule has 1 aromatic heterocycles. The summed E-state index contributed by atoms with van der Waals surface area (Å²) in [4.78, 5) is 10.7. The van der Waals surface area contributed by atoms with Crippen LogP contribution in [0.1, 0.15) is 31.7 Å². The number of hydrogen-bond donors (Lipinski definition) is 2. The Bertz CT molecular complexity index is 548. The average Bonchev–Trinajstić information content (AvgIpc) is 2.58. The number of alkyl halides is 3. The lowest BCUT2D eigenvalue weighted by Gasteiger charge is -2.31. The summed E-state index contributed by atoms with van der Waals surface area (Å²) in [5.74, 6) is 2.10. The fourth-order valence-corrected chi connectivity index (χ4v) is 2.68. The van der Waals surface area contributed by atoms with E-state index in [4.69, 9.17) is 0 Å². The Labute approximate surface area is 146 Å². The highest BCUT2D eigenvalue weighted by Crippen LogP contribution is 2.21. The smallest absolute Gasteiger partial charge is 0.357 e. The van der Waals surface area contributed by atoms with Gasteiger partial charge in [-0.3, -0.25) is 4.99 Å². The van der Waals surface area contributed by atoms with Crippen molar-refractivity contribution in [1.82, 2.24) is 15.6 Å². The highest BCUT2D eigenvalue weighted by atomic mass is 19.4. The van der Waals surface area contributed by atoms with Gasteiger partial charge < -0.3 is 15.5 Å². The molecule has 1 aliphatic rings. The standard InChI is InChI=1S/C17H26F3N5/c1-13-5-9-25(10-6-13)15-4-3-14(11-23-15)12-24-16(21-2)22-8-7-17(18,19)20/h3-4,11,13H,5-10,12H2,1-2H3,(H2,21,22,24). The molecule has 8 heteroatoms. The van der Waals surface area contributed by atoms with E-state index in [1.54, 1.807) is 6.20 Å². The van der Waals surface area contributed by atoms with Gasteiger partial charge in [0.05, 0.1) is 6.42 Å². The zero-order valence-corrected chi connectivity index (χ0v) is 14.7. The van der Waals surface area contributed by atoms with Crippen molar-refractivity contribution in [2.75, 3.05) is 31.6 Å². The fourth-order valence-electron chi connectivity index (χ4n) is 2.68. The summed E-state index contributed by atoms with van der Waals surface area (Å²) in [6.45, 7) is 4.59. The van der Waals surface area contributed by atoms with Gasteiger partial charge in [-0.1, -0.05) is 13.0 Å². The van der Waals surface area contributed by atoms with Crippen LogP contribution in [0.4, 0.5) is 19.0 Å². The van der Waals surface area contributed by atoms with Crippen LogP contribution in [0.25, 0.3) is 0 Å². The number of aromatic nitrogens is 1. The first-order chi connectivity index (χ1) is 11.9. The molecule has 1 aromatic rings. The molecule has 0 aromatic carbocycles. The minimum atomic E-state index is -4.17. The van der Waals surface area contributed by atoms with Crippen molar-refractivity contribution in [2.45, 2.75) is 38.9 Å². The molecule has 0 unspecified atom stereocenters. The molecule has 0 bridgehead atoms. The molecule has 0 spiro atoms. The number of guanidine groups is 1. The Morgan fingerprint density at radius 3 is 2.56 bits per heavy atom. The van der Waals surface area contributed by atoms with E-state index in [2.05, 4.69) is 32.4 Å². The van der Waals surface area contributed by atoms with E-state index in [-0.39, 0.29) is 6.54 Å². The van der Waals surface area contributed by atoms with Crippen LogP contribution in [0.3, 0.4) is 0 Å². The van der Waals surface area contributed by atoms with Crippen molar-refractivity contribution in [2.24, 2.45) is 10.9 Å². The van der Waals surface area contributed by atoms with Crippen molar-refractivity contribution in [3.8, 4) is 0 Å². The minimum Gasteiger partial charge on any atom is -0.357 e. The molecule has 1 aliphatic heterocycles. The predicted octanol–water partition coefficient (Wildman–Crippen LogP) is 2.94. The molecule has 140 valence electrons. The number of nitrogens with one attached hydrogen (secondary N) is 2. The molecule has 0 radical (unpaired) electrons. The number of halogens is 3. The van der Waals surface area contributed by atoms with E-state index >= 15 is 0 Å². The topological polar surface area (TPSA) is 52.6 Å². The Hall–Kier alpha value is -1.99. The van der Waals surface area contributed by atoms with Gasteiger partial charge in [-0.05, 0) is 30.4 Å².